The maximum absolute atomic E-state index is 12.4. The first-order valence-electron chi connectivity index (χ1n) is 8.68. The van der Waals surface area contributed by atoms with E-state index >= 15 is 0 Å². The molecule has 1 saturated heterocycles. The number of piperidine rings is 1. The van der Waals surface area contributed by atoms with E-state index < -0.39 is 0 Å². The number of anilines is 1. The van der Waals surface area contributed by atoms with Crippen LogP contribution in [0.5, 0.6) is 0 Å². The summed E-state index contributed by atoms with van der Waals surface area (Å²) in [5.74, 6) is 0.214. The van der Waals surface area contributed by atoms with Crippen LogP contribution in [-0.4, -0.2) is 29.8 Å². The third-order valence-corrected chi connectivity index (χ3v) is 4.77. The van der Waals surface area contributed by atoms with E-state index in [9.17, 15) is 9.59 Å². The number of carbonyl (C=O) groups excluding carboxylic acids is 2. The molecule has 1 aliphatic rings. The van der Waals surface area contributed by atoms with Gasteiger partial charge in [0.2, 0.25) is 11.8 Å². The van der Waals surface area contributed by atoms with Crippen LogP contribution in [-0.2, 0) is 9.59 Å². The number of carbonyl (C=O) groups is 2. The molecule has 1 aromatic carbocycles. The van der Waals surface area contributed by atoms with Crippen LogP contribution in [0.4, 0.5) is 5.69 Å². The van der Waals surface area contributed by atoms with Gasteiger partial charge in [0.05, 0.1) is 11.6 Å². The summed E-state index contributed by atoms with van der Waals surface area (Å²) in [6.45, 7) is 5.38. The number of nitriles is 1. The highest BCUT2D eigenvalue weighted by Gasteiger charge is 2.29. The lowest BCUT2D eigenvalue weighted by Crippen LogP contribution is -2.43. The number of rotatable bonds is 5. The molecule has 0 spiro atoms. The summed E-state index contributed by atoms with van der Waals surface area (Å²) >= 11 is 0. The fourth-order valence-electron chi connectivity index (χ4n) is 3.17. The fraction of sp³-hybridized carbons (Fsp3) is 0.526. The molecule has 1 aliphatic heterocycles. The van der Waals surface area contributed by atoms with Crippen LogP contribution >= 0.6 is 0 Å². The second-order valence-electron chi connectivity index (χ2n) is 6.29. The normalized spacial score (nSPS) is 15.2. The highest BCUT2D eigenvalue weighted by Crippen LogP contribution is 2.22. The molecule has 0 atom stereocenters. The molecule has 1 fully saturated rings. The van der Waals surface area contributed by atoms with Crippen LogP contribution in [0.15, 0.2) is 24.3 Å². The molecule has 24 heavy (non-hydrogen) atoms. The van der Waals surface area contributed by atoms with Crippen molar-refractivity contribution >= 4 is 17.5 Å². The summed E-state index contributed by atoms with van der Waals surface area (Å²) in [5, 5.41) is 11.8. The van der Waals surface area contributed by atoms with Crippen molar-refractivity contribution in [3.63, 3.8) is 0 Å². The Hall–Kier alpha value is -2.35. The van der Waals surface area contributed by atoms with Crippen molar-refractivity contribution in [2.75, 3.05) is 18.4 Å². The Labute approximate surface area is 143 Å². The van der Waals surface area contributed by atoms with Gasteiger partial charge in [0.1, 0.15) is 0 Å². The molecular formula is C19H25N3O2. The first-order valence-corrected chi connectivity index (χ1v) is 8.68. The fourth-order valence-corrected chi connectivity index (χ4v) is 3.17. The topological polar surface area (TPSA) is 73.2 Å². The molecule has 0 aliphatic carbocycles. The molecule has 128 valence electrons. The van der Waals surface area contributed by atoms with Gasteiger partial charge < -0.3 is 10.2 Å². The van der Waals surface area contributed by atoms with Gasteiger partial charge in [-0.2, -0.15) is 5.26 Å². The van der Waals surface area contributed by atoms with Gasteiger partial charge in [-0.05, 0) is 43.9 Å². The molecule has 1 N–H and O–H groups in total. The Morgan fingerprint density at radius 1 is 1.29 bits per heavy atom. The number of benzene rings is 1. The molecular weight excluding hydrogens is 302 g/mol. The van der Waals surface area contributed by atoms with E-state index in [1.807, 2.05) is 18.7 Å². The van der Waals surface area contributed by atoms with Gasteiger partial charge in [-0.3, -0.25) is 9.59 Å². The van der Waals surface area contributed by atoms with Crippen LogP contribution in [0.2, 0.25) is 0 Å². The predicted octanol–water partition coefficient (Wildman–Crippen LogP) is 3.17. The minimum atomic E-state index is -0.0819. The quantitative estimate of drug-likeness (QED) is 0.902. The minimum Gasteiger partial charge on any atom is -0.342 e. The van der Waals surface area contributed by atoms with Crippen LogP contribution in [0, 0.1) is 23.2 Å². The zero-order valence-corrected chi connectivity index (χ0v) is 14.4. The smallest absolute Gasteiger partial charge is 0.227 e. The van der Waals surface area contributed by atoms with E-state index in [1.165, 1.54) is 0 Å². The lowest BCUT2D eigenvalue weighted by molar-refractivity contribution is -0.138. The lowest BCUT2D eigenvalue weighted by atomic mass is 9.93. The number of hydrogen-bond donors (Lipinski definition) is 1. The van der Waals surface area contributed by atoms with E-state index in [4.69, 9.17) is 5.26 Å². The summed E-state index contributed by atoms with van der Waals surface area (Å²) in [5.41, 5.74) is 1.17. The van der Waals surface area contributed by atoms with Crippen molar-refractivity contribution in [1.82, 2.24) is 4.90 Å². The van der Waals surface area contributed by atoms with E-state index in [2.05, 4.69) is 11.4 Å². The molecule has 0 unspecified atom stereocenters. The van der Waals surface area contributed by atoms with Crippen molar-refractivity contribution in [2.24, 2.45) is 11.8 Å². The highest BCUT2D eigenvalue weighted by molar-refractivity contribution is 5.93. The van der Waals surface area contributed by atoms with E-state index in [1.54, 1.807) is 24.3 Å². The largest absolute Gasteiger partial charge is 0.342 e. The summed E-state index contributed by atoms with van der Waals surface area (Å²) in [6, 6.07) is 8.98. The number of nitrogens with one attached hydrogen (secondary N) is 1. The van der Waals surface area contributed by atoms with Crippen LogP contribution in [0.1, 0.15) is 45.1 Å². The van der Waals surface area contributed by atoms with Crippen molar-refractivity contribution in [1.29, 1.82) is 5.26 Å². The van der Waals surface area contributed by atoms with Crippen LogP contribution in [0.25, 0.3) is 0 Å². The van der Waals surface area contributed by atoms with Crippen molar-refractivity contribution in [3.05, 3.63) is 29.8 Å². The summed E-state index contributed by atoms with van der Waals surface area (Å²) in [7, 11) is 0. The minimum absolute atomic E-state index is 0.0280. The summed E-state index contributed by atoms with van der Waals surface area (Å²) in [6.07, 6.45) is 3.11. The molecule has 5 nitrogen and oxygen atoms in total. The van der Waals surface area contributed by atoms with Gasteiger partial charge in [0, 0.05) is 30.6 Å². The van der Waals surface area contributed by atoms with E-state index in [0.717, 1.165) is 12.8 Å². The molecule has 1 aromatic rings. The van der Waals surface area contributed by atoms with Gasteiger partial charge in [-0.1, -0.05) is 19.9 Å². The first-order chi connectivity index (χ1) is 11.6. The van der Waals surface area contributed by atoms with Crippen LogP contribution < -0.4 is 5.32 Å². The maximum Gasteiger partial charge on any atom is 0.227 e. The van der Waals surface area contributed by atoms with Crippen molar-refractivity contribution in [3.8, 4) is 6.07 Å². The number of likely N-dealkylation sites (tertiary alicyclic amines) is 1. The maximum atomic E-state index is 12.4. The zero-order chi connectivity index (χ0) is 17.5. The Balaban J connectivity index is 1.88. The summed E-state index contributed by atoms with van der Waals surface area (Å²) < 4.78 is 0. The molecule has 2 amide bonds. The number of hydrogen-bond acceptors (Lipinski definition) is 3. The molecule has 1 heterocycles. The van der Waals surface area contributed by atoms with Crippen molar-refractivity contribution in [2.45, 2.75) is 39.5 Å². The van der Waals surface area contributed by atoms with Gasteiger partial charge in [-0.25, -0.2) is 0 Å². The highest BCUT2D eigenvalue weighted by atomic mass is 16.2. The van der Waals surface area contributed by atoms with Gasteiger partial charge in [0.25, 0.3) is 0 Å². The Morgan fingerprint density at radius 3 is 2.54 bits per heavy atom. The summed E-state index contributed by atoms with van der Waals surface area (Å²) in [4.78, 5) is 26.7. The Kier molecular flexibility index (Phi) is 6.36. The lowest BCUT2D eigenvalue weighted by Gasteiger charge is -2.33. The molecule has 0 saturated carbocycles. The van der Waals surface area contributed by atoms with Gasteiger partial charge >= 0.3 is 0 Å². The predicted molar refractivity (Wildman–Crippen MR) is 93.2 cm³/mol. The zero-order valence-electron chi connectivity index (χ0n) is 14.4. The number of nitrogens with zero attached hydrogens (tertiary/aromatic N) is 2. The SMILES string of the molecule is CCC(CC)C(=O)N1CCC(C(=O)Nc2cccc(C#N)c2)CC1. The molecule has 2 rings (SSSR count). The van der Waals surface area contributed by atoms with E-state index in [-0.39, 0.29) is 23.7 Å². The third-order valence-electron chi connectivity index (χ3n) is 4.77. The van der Waals surface area contributed by atoms with Crippen LogP contribution in [0.3, 0.4) is 0 Å². The second-order valence-corrected chi connectivity index (χ2v) is 6.29. The molecule has 5 heteroatoms. The molecule has 0 aromatic heterocycles. The van der Waals surface area contributed by atoms with Gasteiger partial charge in [-0.15, -0.1) is 0 Å². The van der Waals surface area contributed by atoms with E-state index in [0.29, 0.717) is 37.2 Å². The number of amides is 2. The first kappa shape index (κ1) is 18.0. The monoisotopic (exact) mass is 327 g/mol. The average molecular weight is 327 g/mol. The van der Waals surface area contributed by atoms with Gasteiger partial charge in [0.15, 0.2) is 0 Å². The average Bonchev–Trinajstić information content (AvgIpc) is 2.63. The molecule has 0 radical (unpaired) electrons. The Morgan fingerprint density at radius 2 is 1.96 bits per heavy atom. The third kappa shape index (κ3) is 4.35. The Bertz CT molecular complexity index is 624. The molecule has 0 bridgehead atoms. The van der Waals surface area contributed by atoms with Crippen molar-refractivity contribution < 1.29 is 9.59 Å². The second kappa shape index (κ2) is 8.49. The standard InChI is InChI=1S/C19H25N3O2/c1-3-15(4-2)19(24)22-10-8-16(9-11-22)18(23)21-17-7-5-6-14(12-17)13-20/h5-7,12,15-16H,3-4,8-11H2,1-2H3,(H,21,23).